The van der Waals surface area contributed by atoms with Gasteiger partial charge in [-0.05, 0) is 24.3 Å². The van der Waals surface area contributed by atoms with Crippen molar-refractivity contribution in [1.29, 1.82) is 0 Å². The third-order valence-electron chi connectivity index (χ3n) is 4.32. The number of halogens is 3. The molecule has 0 unspecified atom stereocenters. The fourth-order valence-corrected chi connectivity index (χ4v) is 2.96. The number of hydrogen-bond acceptors (Lipinski definition) is 4. The summed E-state index contributed by atoms with van der Waals surface area (Å²) in [5.74, 6) is -1.84. The van der Waals surface area contributed by atoms with Gasteiger partial charge in [-0.2, -0.15) is 13.2 Å². The predicted octanol–water partition coefficient (Wildman–Crippen LogP) is 3.69. The normalized spacial score (nSPS) is 11.6. The summed E-state index contributed by atoms with van der Waals surface area (Å²) in [7, 11) is 3.10. The maximum Gasteiger partial charge on any atom is 0.417 e. The number of amides is 1. The van der Waals surface area contributed by atoms with Crippen LogP contribution in [0.3, 0.4) is 0 Å². The Morgan fingerprint density at radius 1 is 1.21 bits per heavy atom. The first kappa shape index (κ1) is 20.3. The number of carbonyl (C=O) groups is 2. The van der Waals surface area contributed by atoms with Crippen molar-refractivity contribution in [1.82, 2.24) is 9.55 Å². The van der Waals surface area contributed by atoms with E-state index >= 15 is 0 Å². The lowest BCUT2D eigenvalue weighted by Gasteiger charge is -2.13. The van der Waals surface area contributed by atoms with E-state index in [0.29, 0.717) is 11.3 Å². The van der Waals surface area contributed by atoms with Gasteiger partial charge in [0.15, 0.2) is 0 Å². The molecule has 29 heavy (non-hydrogen) atoms. The van der Waals surface area contributed by atoms with E-state index in [-0.39, 0.29) is 23.4 Å². The van der Waals surface area contributed by atoms with Crippen molar-refractivity contribution in [3.8, 4) is 0 Å². The number of imidazole rings is 1. The van der Waals surface area contributed by atoms with Gasteiger partial charge in [0.1, 0.15) is 17.9 Å². The molecule has 1 heterocycles. The number of carbonyl (C=O) groups excluding carboxylic acids is 1. The quantitative estimate of drug-likeness (QED) is 0.673. The lowest BCUT2D eigenvalue weighted by molar-refractivity contribution is -0.137. The van der Waals surface area contributed by atoms with Crippen LogP contribution >= 0.6 is 0 Å². The first-order chi connectivity index (χ1) is 13.6. The highest BCUT2D eigenvalue weighted by Gasteiger charge is 2.35. The Hall–Kier alpha value is -3.40. The summed E-state index contributed by atoms with van der Waals surface area (Å²) in [4.78, 5) is 28.4. The molecule has 2 aromatic carbocycles. The number of alkyl halides is 3. The van der Waals surface area contributed by atoms with Crippen molar-refractivity contribution in [2.75, 3.05) is 12.4 Å². The van der Waals surface area contributed by atoms with E-state index < -0.39 is 29.2 Å². The van der Waals surface area contributed by atoms with E-state index in [4.69, 9.17) is 4.74 Å². The van der Waals surface area contributed by atoms with Crippen LogP contribution in [0.1, 0.15) is 32.1 Å². The summed E-state index contributed by atoms with van der Waals surface area (Å²) in [5, 5.41) is 11.8. The zero-order chi connectivity index (χ0) is 21.3. The van der Waals surface area contributed by atoms with Gasteiger partial charge in [0.2, 0.25) is 0 Å². The Balaban J connectivity index is 2.06. The molecule has 0 fully saturated rings. The zero-order valence-corrected chi connectivity index (χ0v) is 15.4. The molecule has 0 bridgehead atoms. The van der Waals surface area contributed by atoms with Gasteiger partial charge in [-0.25, -0.2) is 9.78 Å². The molecule has 0 aliphatic heterocycles. The number of nitrogens with zero attached hydrogens (tertiary/aromatic N) is 2. The van der Waals surface area contributed by atoms with E-state index in [0.717, 1.165) is 18.2 Å². The number of fused-ring (bicyclic) bond motifs is 1. The molecular weight excluding hydrogens is 391 g/mol. The summed E-state index contributed by atoms with van der Waals surface area (Å²) in [6, 6.07) is 6.95. The Labute approximate surface area is 162 Å². The van der Waals surface area contributed by atoms with Crippen LogP contribution in [0.15, 0.2) is 36.4 Å². The molecule has 0 saturated heterocycles. The predicted molar refractivity (Wildman–Crippen MR) is 97.8 cm³/mol. The molecule has 0 aliphatic carbocycles. The van der Waals surface area contributed by atoms with Gasteiger partial charge in [0.25, 0.3) is 5.91 Å². The number of hydrogen-bond donors (Lipinski definition) is 2. The molecule has 3 rings (SSSR count). The van der Waals surface area contributed by atoms with Crippen molar-refractivity contribution >= 4 is 28.6 Å². The van der Waals surface area contributed by atoms with Gasteiger partial charge in [-0.1, -0.05) is 12.1 Å². The minimum Gasteiger partial charge on any atom is -0.478 e. The molecule has 0 saturated carbocycles. The van der Waals surface area contributed by atoms with Crippen LogP contribution in [0, 0.1) is 0 Å². The summed E-state index contributed by atoms with van der Waals surface area (Å²) in [6.07, 6.45) is -4.71. The average molecular weight is 407 g/mol. The third kappa shape index (κ3) is 3.92. The molecule has 7 nitrogen and oxygen atoms in total. The number of carboxylic acids is 1. The molecule has 0 radical (unpaired) electrons. The number of methoxy groups -OCH3 is 1. The van der Waals surface area contributed by atoms with Crippen LogP contribution < -0.4 is 5.32 Å². The highest BCUT2D eigenvalue weighted by atomic mass is 19.4. The zero-order valence-electron chi connectivity index (χ0n) is 15.4. The van der Waals surface area contributed by atoms with Crippen molar-refractivity contribution in [3.05, 3.63) is 58.9 Å². The molecular formula is C19H16F3N3O4. The Kier molecular flexibility index (Phi) is 5.29. The minimum absolute atomic E-state index is 0.0313. The second-order valence-corrected chi connectivity index (χ2v) is 6.21. The number of anilines is 1. The average Bonchev–Trinajstić information content (AvgIpc) is 2.96. The molecule has 1 aromatic heterocycles. The highest BCUT2D eigenvalue weighted by Crippen LogP contribution is 2.32. The SMILES string of the molecule is COCc1nc2c(C(=O)O)cc(NC(=O)c3ccccc3C(F)(F)F)cc2n1C. The summed E-state index contributed by atoms with van der Waals surface area (Å²) in [5.41, 5.74) is -1.25. The van der Waals surface area contributed by atoms with Crippen LogP contribution in [0.2, 0.25) is 0 Å². The second-order valence-electron chi connectivity index (χ2n) is 6.21. The van der Waals surface area contributed by atoms with E-state index in [1.165, 1.54) is 25.3 Å². The standard InChI is InChI=1S/C19H16F3N3O4/c1-25-14-8-10(7-12(18(27)28)16(14)24-15(25)9-29-2)23-17(26)11-5-3-4-6-13(11)19(20,21)22/h3-8H,9H2,1-2H3,(H,23,26)(H,27,28). The number of ether oxygens (including phenoxy) is 1. The maximum absolute atomic E-state index is 13.2. The van der Waals surface area contributed by atoms with E-state index in [1.54, 1.807) is 11.6 Å². The fourth-order valence-electron chi connectivity index (χ4n) is 2.96. The Morgan fingerprint density at radius 2 is 1.90 bits per heavy atom. The van der Waals surface area contributed by atoms with Crippen LogP contribution in [0.4, 0.5) is 18.9 Å². The van der Waals surface area contributed by atoms with Crippen molar-refractivity contribution in [3.63, 3.8) is 0 Å². The number of aromatic nitrogens is 2. The third-order valence-corrected chi connectivity index (χ3v) is 4.32. The van der Waals surface area contributed by atoms with Gasteiger partial charge in [0.05, 0.1) is 22.2 Å². The molecule has 3 aromatic rings. The first-order valence-electron chi connectivity index (χ1n) is 8.32. The Morgan fingerprint density at radius 3 is 2.52 bits per heavy atom. The van der Waals surface area contributed by atoms with Crippen LogP contribution in [0.5, 0.6) is 0 Å². The molecule has 0 spiro atoms. The molecule has 0 aliphatic rings. The fraction of sp³-hybridized carbons (Fsp3) is 0.211. The summed E-state index contributed by atoms with van der Waals surface area (Å²) >= 11 is 0. The number of carboxylic acid groups (broad SMARTS) is 1. The number of benzene rings is 2. The Bertz CT molecular complexity index is 1110. The van der Waals surface area contributed by atoms with Gasteiger partial charge in [-0.15, -0.1) is 0 Å². The maximum atomic E-state index is 13.2. The highest BCUT2D eigenvalue weighted by molar-refractivity contribution is 6.08. The smallest absolute Gasteiger partial charge is 0.417 e. The minimum atomic E-state index is -4.71. The van der Waals surface area contributed by atoms with Gasteiger partial charge in [-0.3, -0.25) is 4.79 Å². The number of rotatable bonds is 5. The molecule has 152 valence electrons. The summed E-state index contributed by atoms with van der Waals surface area (Å²) in [6.45, 7) is 0.130. The first-order valence-corrected chi connectivity index (χ1v) is 8.32. The number of aromatic carboxylic acids is 1. The summed E-state index contributed by atoms with van der Waals surface area (Å²) < 4.78 is 46.1. The van der Waals surface area contributed by atoms with Gasteiger partial charge in [0, 0.05) is 19.8 Å². The van der Waals surface area contributed by atoms with Crippen molar-refractivity contribution in [2.24, 2.45) is 7.05 Å². The van der Waals surface area contributed by atoms with Crippen molar-refractivity contribution in [2.45, 2.75) is 12.8 Å². The van der Waals surface area contributed by atoms with Crippen LogP contribution in [-0.4, -0.2) is 33.6 Å². The largest absolute Gasteiger partial charge is 0.478 e. The van der Waals surface area contributed by atoms with E-state index in [1.807, 2.05) is 0 Å². The van der Waals surface area contributed by atoms with Crippen molar-refractivity contribution < 1.29 is 32.6 Å². The monoisotopic (exact) mass is 407 g/mol. The van der Waals surface area contributed by atoms with Gasteiger partial charge < -0.3 is 19.7 Å². The molecule has 0 atom stereocenters. The lowest BCUT2D eigenvalue weighted by atomic mass is 10.1. The van der Waals surface area contributed by atoms with E-state index in [2.05, 4.69) is 10.3 Å². The van der Waals surface area contributed by atoms with Crippen LogP contribution in [-0.2, 0) is 24.6 Å². The second kappa shape index (κ2) is 7.55. The van der Waals surface area contributed by atoms with Crippen LogP contribution in [0.25, 0.3) is 11.0 Å². The lowest BCUT2D eigenvalue weighted by Crippen LogP contribution is -2.19. The number of nitrogens with one attached hydrogen (secondary N) is 1. The molecule has 2 N–H and O–H groups in total. The number of aryl methyl sites for hydroxylation is 1. The topological polar surface area (TPSA) is 93.5 Å². The van der Waals surface area contributed by atoms with E-state index in [9.17, 15) is 27.9 Å². The van der Waals surface area contributed by atoms with Gasteiger partial charge >= 0.3 is 12.1 Å². The molecule has 10 heteroatoms. The molecule has 1 amide bonds.